The minimum absolute atomic E-state index is 0.0704. The molecule has 12 heteroatoms. The fraction of sp³-hybridized carbons (Fsp3) is 0.637. The van der Waals surface area contributed by atoms with Gasteiger partial charge in [0.05, 0.1) is 33.0 Å². The number of aliphatic hydroxyl groups is 1. The molecule has 0 atom stereocenters. The van der Waals surface area contributed by atoms with E-state index in [1.807, 2.05) is 31.2 Å². The van der Waals surface area contributed by atoms with Crippen LogP contribution in [0.1, 0.15) is 203 Å². The van der Waals surface area contributed by atoms with Crippen LogP contribution in [-0.2, 0) is 14.3 Å². The summed E-state index contributed by atoms with van der Waals surface area (Å²) >= 11 is 0. The summed E-state index contributed by atoms with van der Waals surface area (Å²) in [6.45, 7) is 109. The van der Waals surface area contributed by atoms with Crippen LogP contribution in [0, 0.1) is 53.3 Å². The molecule has 2 N–H and O–H groups in total. The number of hydrogen-bond acceptors (Lipinski definition) is 11. The molecule has 3 heterocycles. The third-order valence-electron chi connectivity index (χ3n) is 16.8. The van der Waals surface area contributed by atoms with Crippen molar-refractivity contribution in [1.29, 1.82) is 0 Å². The summed E-state index contributed by atoms with van der Waals surface area (Å²) in [5, 5.41) is 16.9. The number of carboxylic acid groups (broad SMARTS) is 1. The maximum Gasteiger partial charge on any atom is 0.317 e. The number of nitrogens with zero attached hydrogens (tertiary/aromatic N) is 7. The molecule has 0 spiro atoms. The van der Waals surface area contributed by atoms with Crippen LogP contribution >= 0.6 is 0 Å². The van der Waals surface area contributed by atoms with Crippen molar-refractivity contribution in [2.45, 2.75) is 203 Å². The number of aliphatic carboxylic acids is 1. The first kappa shape index (κ1) is 119. The van der Waals surface area contributed by atoms with Gasteiger partial charge in [0.1, 0.15) is 0 Å². The van der Waals surface area contributed by atoms with Crippen LogP contribution in [0.4, 0.5) is 0 Å². The van der Waals surface area contributed by atoms with E-state index in [0.717, 1.165) is 178 Å². The molecule has 0 aromatic heterocycles. The number of aliphatic hydroxyl groups excluding tert-OH is 1. The van der Waals surface area contributed by atoms with E-state index in [-0.39, 0.29) is 13.2 Å². The number of carbonyl (C=O) groups is 1. The molecule has 0 aromatic rings. The number of methoxy groups -OCH3 is 1. The molecule has 0 aromatic carbocycles. The predicted molar refractivity (Wildman–Crippen MR) is 513 cm³/mol. The number of likely N-dealkylation sites (N-methyl/N-ethyl adjacent to an activating group) is 3. The lowest BCUT2D eigenvalue weighted by Crippen LogP contribution is -2.47. The second-order valence-corrected chi connectivity index (χ2v) is 35.6. The lowest BCUT2D eigenvalue weighted by Gasteiger charge is -2.33. The third-order valence-corrected chi connectivity index (χ3v) is 16.8. The smallest absolute Gasteiger partial charge is 0.317 e. The van der Waals surface area contributed by atoms with Gasteiger partial charge in [-0.15, -0.1) is 0 Å². The summed E-state index contributed by atoms with van der Waals surface area (Å²) < 4.78 is 10.4. The summed E-state index contributed by atoms with van der Waals surface area (Å²) in [5.74, 6) is 5.41. The van der Waals surface area contributed by atoms with Crippen molar-refractivity contribution in [3.63, 3.8) is 0 Å². The second-order valence-electron chi connectivity index (χ2n) is 35.6. The first-order chi connectivity index (χ1) is 53.2. The van der Waals surface area contributed by atoms with Gasteiger partial charge in [-0.25, -0.2) is 0 Å². The maximum absolute atomic E-state index is 10.4. The minimum Gasteiger partial charge on any atom is -0.480 e. The van der Waals surface area contributed by atoms with Crippen LogP contribution in [0.25, 0.3) is 0 Å². The van der Waals surface area contributed by atoms with Gasteiger partial charge in [-0.2, -0.15) is 0 Å². The highest BCUT2D eigenvalue weighted by Crippen LogP contribution is 2.18. The first-order valence-corrected chi connectivity index (χ1v) is 43.0. The van der Waals surface area contributed by atoms with Crippen LogP contribution in [0.5, 0.6) is 0 Å². The summed E-state index contributed by atoms with van der Waals surface area (Å²) in [6.07, 6.45) is 38.7. The molecule has 658 valence electrons. The van der Waals surface area contributed by atoms with Crippen LogP contribution in [0.2, 0.25) is 0 Å². The standard InChI is InChI=1S/C16H30N2O.C14H26N2.C13H23NO.C12H21NO2.C11H21N.C10H18.C9H16O.C9H16.C8H14/c1-15(2)14-16(3)6-5-7-17-8-10-18(11-9-17)12-13-19-4;1-13(2)12-14(3)6-5-7-16-10-8-15(4)9-11-16;1-12(2)11-13(3)5-4-6-14-7-9-15-10-8-14;1-10(2)8-11(3)6-5-7-13(4)9-12(14)15;1-10(2)9-11(3)7-6-8-12(4)5;1-8(2)6-10(5)7-9(3)4;1-8(2)7-9(3)5-4-6-10;1-7(2)6-9(5)8(3)4;1-5-8(4)6-7(2)3/h5-6,15H,3,7-14H2,1-2,4H3;5-6,13H,3,7-12H2,1-2,4H3;4-5,12H,3,6-11H2,1-2H3;5-6,10H,3,7-9H2,1-2,4H3,(H,14,15);6-7,10H,3,8-9H2,1-2,4-5H3;6,9H,5,7H2,1-4H3;4-5,8,10H,3,6-7H2,1-2H3;7H,3,5-6H2,1-2,4H3;5,7H,1,4,6H2,2-3H3/b2*6-5+;5-4+;6-5+;7-6+;;5-4+;;. The van der Waals surface area contributed by atoms with E-state index in [4.69, 9.17) is 19.7 Å². The van der Waals surface area contributed by atoms with Crippen molar-refractivity contribution in [2.75, 3.05) is 173 Å². The minimum atomic E-state index is -0.799. The Morgan fingerprint density at radius 1 is 0.421 bits per heavy atom. The quantitative estimate of drug-likeness (QED) is 0.0569. The Morgan fingerprint density at radius 2 is 0.719 bits per heavy atom. The van der Waals surface area contributed by atoms with Gasteiger partial charge in [-0.05, 0) is 160 Å². The average Bonchev–Trinajstić information content (AvgIpc) is 0.914. The van der Waals surface area contributed by atoms with E-state index >= 15 is 0 Å². The molecule has 3 aliphatic heterocycles. The van der Waals surface area contributed by atoms with Gasteiger partial charge >= 0.3 is 5.97 Å². The van der Waals surface area contributed by atoms with Crippen LogP contribution in [0.3, 0.4) is 0 Å². The van der Waals surface area contributed by atoms with Gasteiger partial charge in [0.15, 0.2) is 0 Å². The van der Waals surface area contributed by atoms with Crippen LogP contribution < -0.4 is 0 Å². The van der Waals surface area contributed by atoms with Gasteiger partial charge in [-0.1, -0.05) is 343 Å². The fourth-order valence-corrected chi connectivity index (χ4v) is 11.5. The van der Waals surface area contributed by atoms with E-state index in [0.29, 0.717) is 53.9 Å². The monoisotopic (exact) mass is 1590 g/mol. The van der Waals surface area contributed by atoms with E-state index < -0.39 is 5.97 Å². The highest BCUT2D eigenvalue weighted by molar-refractivity contribution is 5.69. The molecule has 0 saturated carbocycles. The molecule has 3 fully saturated rings. The van der Waals surface area contributed by atoms with Crippen LogP contribution in [-0.4, -0.2) is 223 Å². The van der Waals surface area contributed by atoms with E-state index in [9.17, 15) is 4.79 Å². The Balaban J connectivity index is -0.000000291. The Hall–Kier alpha value is -5.61. The van der Waals surface area contributed by atoms with Crippen molar-refractivity contribution in [3.8, 4) is 0 Å². The van der Waals surface area contributed by atoms with E-state index in [2.05, 4.69) is 316 Å². The number of hydrogen-bond donors (Lipinski definition) is 2. The topological polar surface area (TPSA) is 98.7 Å². The van der Waals surface area contributed by atoms with Crippen molar-refractivity contribution >= 4 is 5.97 Å². The fourth-order valence-electron chi connectivity index (χ4n) is 11.5. The number of allylic oxidation sites excluding steroid dienone is 19. The van der Waals surface area contributed by atoms with Gasteiger partial charge < -0.3 is 29.5 Å². The molecule has 12 nitrogen and oxygen atoms in total. The normalized spacial score (nSPS) is 14.4. The number of piperazine rings is 2. The molecular formula is C102H185N7O5. The van der Waals surface area contributed by atoms with Crippen molar-refractivity contribution in [2.24, 2.45) is 53.3 Å². The van der Waals surface area contributed by atoms with Gasteiger partial charge in [-0.3, -0.25) is 29.3 Å². The highest BCUT2D eigenvalue weighted by atomic mass is 16.5. The number of rotatable bonds is 43. The number of carboxylic acids is 1. The predicted octanol–water partition coefficient (Wildman–Crippen LogP) is 23.8. The summed E-state index contributed by atoms with van der Waals surface area (Å²) in [6, 6.07) is 0. The third kappa shape index (κ3) is 97.0. The van der Waals surface area contributed by atoms with Crippen LogP contribution in [0.15, 0.2) is 219 Å². The van der Waals surface area contributed by atoms with Gasteiger partial charge in [0.2, 0.25) is 0 Å². The number of ether oxygens (including phenoxy) is 2. The van der Waals surface area contributed by atoms with E-state index in [1.165, 1.54) is 65.2 Å². The highest BCUT2D eigenvalue weighted by Gasteiger charge is 2.16. The molecule has 3 aliphatic rings. The molecule has 0 radical (unpaired) electrons. The number of morpholine rings is 1. The second kappa shape index (κ2) is 78.6. The van der Waals surface area contributed by atoms with Gasteiger partial charge in [0, 0.05) is 112 Å². The lowest BCUT2D eigenvalue weighted by atomic mass is 10.0. The Kier molecular flexibility index (Phi) is 82.2. The maximum atomic E-state index is 10.4. The van der Waals surface area contributed by atoms with E-state index in [1.54, 1.807) is 25.1 Å². The Bertz CT molecular complexity index is 2770. The van der Waals surface area contributed by atoms with Crippen molar-refractivity contribution < 1.29 is 24.5 Å². The Morgan fingerprint density at radius 3 is 1.00 bits per heavy atom. The van der Waals surface area contributed by atoms with Crippen molar-refractivity contribution in [3.05, 3.63) is 219 Å². The summed E-state index contributed by atoms with van der Waals surface area (Å²) in [5.41, 5.74) is 13.2. The van der Waals surface area contributed by atoms with Crippen molar-refractivity contribution in [1.82, 2.24) is 34.3 Å². The molecule has 0 bridgehead atoms. The lowest BCUT2D eigenvalue weighted by molar-refractivity contribution is -0.137. The zero-order valence-corrected chi connectivity index (χ0v) is 79.5. The SMILES string of the molecule is C=C(/C=C/CN(C)C)CC(C)C.C=C(/C=C/CN(C)CC(=O)O)CC(C)C.C=C(/C=C/CN1CCN(C)CC1)CC(C)C.C=C(/C=C/CN1CCN(CCOC)CC1)CC(C)C.C=C(/C=C/CN1CCOCC1)CC(C)C.C=C(/C=C/CO)CC(C)C.C=C(C)C(=C)CC(C)C.C=C(C=C(C)C)CC(C)C.C=CC(=C)CC(C)C. The van der Waals surface area contributed by atoms with Gasteiger partial charge in [0.25, 0.3) is 0 Å². The molecule has 0 unspecified atom stereocenters. The zero-order valence-electron chi connectivity index (χ0n) is 79.5. The molecular weight excluding hydrogens is 1400 g/mol. The Labute approximate surface area is 709 Å². The molecule has 114 heavy (non-hydrogen) atoms. The molecule has 3 rings (SSSR count). The first-order valence-electron chi connectivity index (χ1n) is 43.0. The zero-order chi connectivity index (χ0) is 88.7. The molecule has 0 amide bonds. The largest absolute Gasteiger partial charge is 0.480 e. The average molecular weight is 1590 g/mol. The summed E-state index contributed by atoms with van der Waals surface area (Å²) in [7, 11) is 9.87. The summed E-state index contributed by atoms with van der Waals surface area (Å²) in [4.78, 5) is 26.5. The molecule has 3 saturated heterocycles. The molecule has 0 aliphatic carbocycles.